The van der Waals surface area contributed by atoms with Gasteiger partial charge in [-0.1, -0.05) is 48.0 Å². The molecule has 1 unspecified atom stereocenters. The second-order valence-corrected chi connectivity index (χ2v) is 10.4. The number of nitrogens with zero attached hydrogens (tertiary/aromatic N) is 1. The van der Waals surface area contributed by atoms with Gasteiger partial charge in [-0.05, 0) is 48.4 Å². The zero-order valence-electron chi connectivity index (χ0n) is 22.6. The molecule has 216 valence electrons. The predicted octanol–water partition coefficient (Wildman–Crippen LogP) is 6.45. The molecule has 1 aliphatic heterocycles. The minimum Gasteiger partial charge on any atom is -0.478 e. The zero-order valence-corrected chi connectivity index (χ0v) is 23.4. The predicted molar refractivity (Wildman–Crippen MR) is 159 cm³/mol. The molecule has 4 aromatic rings. The van der Waals surface area contributed by atoms with Crippen LogP contribution in [0.3, 0.4) is 0 Å². The van der Waals surface area contributed by atoms with Crippen molar-refractivity contribution in [3.8, 4) is 17.1 Å². The molecule has 0 spiro atoms. The van der Waals surface area contributed by atoms with E-state index in [0.29, 0.717) is 59.2 Å². The summed E-state index contributed by atoms with van der Waals surface area (Å²) in [6.45, 7) is 1.99. The summed E-state index contributed by atoms with van der Waals surface area (Å²) in [5, 5.41) is 15.9. The maximum absolute atomic E-state index is 14.1. The Hall–Kier alpha value is -4.47. The van der Waals surface area contributed by atoms with Gasteiger partial charge < -0.3 is 25.2 Å². The summed E-state index contributed by atoms with van der Waals surface area (Å²) in [6.07, 6.45) is 1.06. The van der Waals surface area contributed by atoms with E-state index in [1.807, 2.05) is 30.3 Å². The third-order valence-electron chi connectivity index (χ3n) is 6.87. The molecular formula is C32H29ClFN3O5. The van der Waals surface area contributed by atoms with Crippen molar-refractivity contribution >= 4 is 34.9 Å². The van der Waals surface area contributed by atoms with E-state index in [4.69, 9.17) is 21.1 Å². The zero-order chi connectivity index (χ0) is 29.5. The lowest BCUT2D eigenvalue weighted by Crippen LogP contribution is -2.19. The Morgan fingerprint density at radius 3 is 2.62 bits per heavy atom. The summed E-state index contributed by atoms with van der Waals surface area (Å²) in [7, 11) is 0. The standard InChI is InChI=1S/C32H29ClFN3O5/c33-25-10-8-24(26(34)16-25)19-42-31-3-1-2-27(37-31)22-6-4-20(5-7-22)14-30(38)36-28-11-9-23(32(39)40)15-29(28)35-17-21-12-13-41-18-21/h1-11,15-16,21,35H,12-14,17-19H2,(H,36,38)(H,39,40). The molecule has 1 atom stereocenters. The van der Waals surface area contributed by atoms with Gasteiger partial charge in [0.15, 0.2) is 0 Å². The number of hydrogen-bond acceptors (Lipinski definition) is 6. The van der Waals surface area contributed by atoms with Crippen LogP contribution in [0.4, 0.5) is 15.8 Å². The quantitative estimate of drug-likeness (QED) is 0.184. The SMILES string of the molecule is O=C(Cc1ccc(-c2cccc(OCc3ccc(Cl)cc3F)n2)cc1)Nc1ccc(C(=O)O)cc1NCC1CCOC1. The van der Waals surface area contributed by atoms with Crippen LogP contribution in [-0.2, 0) is 22.6 Å². The van der Waals surface area contributed by atoms with E-state index < -0.39 is 11.8 Å². The van der Waals surface area contributed by atoms with Crippen molar-refractivity contribution in [3.05, 3.63) is 106 Å². The molecule has 3 N–H and O–H groups in total. The lowest BCUT2D eigenvalue weighted by molar-refractivity contribution is -0.115. The van der Waals surface area contributed by atoms with Crippen molar-refractivity contribution in [1.29, 1.82) is 0 Å². The second-order valence-electron chi connectivity index (χ2n) is 9.98. The molecule has 1 aromatic heterocycles. The van der Waals surface area contributed by atoms with Crippen LogP contribution in [0.1, 0.15) is 27.9 Å². The molecular weight excluding hydrogens is 561 g/mol. The van der Waals surface area contributed by atoms with Crippen LogP contribution >= 0.6 is 11.6 Å². The van der Waals surface area contributed by atoms with E-state index in [-0.39, 0.29) is 24.5 Å². The van der Waals surface area contributed by atoms with Crippen molar-refractivity contribution < 1.29 is 28.6 Å². The fraction of sp³-hybridized carbons (Fsp3) is 0.219. The van der Waals surface area contributed by atoms with Crippen LogP contribution in [0, 0.1) is 11.7 Å². The van der Waals surface area contributed by atoms with Gasteiger partial charge in [-0.2, -0.15) is 0 Å². The van der Waals surface area contributed by atoms with Gasteiger partial charge in [0.1, 0.15) is 12.4 Å². The average Bonchev–Trinajstić information content (AvgIpc) is 3.50. The fourth-order valence-electron chi connectivity index (χ4n) is 4.55. The number of pyridine rings is 1. The average molecular weight is 590 g/mol. The molecule has 0 bridgehead atoms. The van der Waals surface area contributed by atoms with Gasteiger partial charge in [0.2, 0.25) is 11.8 Å². The third-order valence-corrected chi connectivity index (χ3v) is 7.11. The molecule has 1 aliphatic rings. The molecule has 1 fully saturated rings. The largest absolute Gasteiger partial charge is 0.478 e. The fourth-order valence-corrected chi connectivity index (χ4v) is 4.71. The van der Waals surface area contributed by atoms with Crippen LogP contribution < -0.4 is 15.4 Å². The van der Waals surface area contributed by atoms with Crippen molar-refractivity contribution in [2.45, 2.75) is 19.4 Å². The highest BCUT2D eigenvalue weighted by Gasteiger charge is 2.17. The number of rotatable bonds is 11. The van der Waals surface area contributed by atoms with Gasteiger partial charge in [0.05, 0.1) is 35.7 Å². The molecule has 2 heterocycles. The van der Waals surface area contributed by atoms with Crippen LogP contribution in [0.25, 0.3) is 11.3 Å². The maximum Gasteiger partial charge on any atom is 0.335 e. The van der Waals surface area contributed by atoms with Crippen molar-refractivity contribution in [2.24, 2.45) is 5.92 Å². The number of hydrogen-bond donors (Lipinski definition) is 3. The number of anilines is 2. The first-order valence-electron chi connectivity index (χ1n) is 13.5. The highest BCUT2D eigenvalue weighted by Crippen LogP contribution is 2.26. The Kier molecular flexibility index (Phi) is 9.31. The molecule has 1 saturated heterocycles. The second kappa shape index (κ2) is 13.5. The van der Waals surface area contributed by atoms with E-state index in [9.17, 15) is 19.1 Å². The highest BCUT2D eigenvalue weighted by atomic mass is 35.5. The Morgan fingerprint density at radius 2 is 1.88 bits per heavy atom. The Labute approximate surface area is 247 Å². The summed E-state index contributed by atoms with van der Waals surface area (Å²) in [6, 6.07) is 21.8. The van der Waals surface area contributed by atoms with E-state index in [1.54, 1.807) is 30.3 Å². The molecule has 3 aromatic carbocycles. The van der Waals surface area contributed by atoms with Crippen molar-refractivity contribution in [3.63, 3.8) is 0 Å². The van der Waals surface area contributed by atoms with Gasteiger partial charge >= 0.3 is 5.97 Å². The summed E-state index contributed by atoms with van der Waals surface area (Å²) in [5.74, 6) is -1.04. The van der Waals surface area contributed by atoms with Crippen LogP contribution in [-0.4, -0.2) is 41.7 Å². The number of halogens is 2. The minimum atomic E-state index is -1.04. The Balaban J connectivity index is 1.21. The summed E-state index contributed by atoms with van der Waals surface area (Å²) in [4.78, 5) is 28.9. The number of carboxylic acids is 1. The number of aromatic nitrogens is 1. The molecule has 0 radical (unpaired) electrons. The number of amides is 1. The number of ether oxygens (including phenoxy) is 2. The monoisotopic (exact) mass is 589 g/mol. The molecule has 5 rings (SSSR count). The molecule has 0 aliphatic carbocycles. The van der Waals surface area contributed by atoms with Crippen LogP contribution in [0.2, 0.25) is 5.02 Å². The number of aromatic carboxylic acids is 1. The van der Waals surface area contributed by atoms with Crippen molar-refractivity contribution in [2.75, 3.05) is 30.4 Å². The van der Waals surface area contributed by atoms with Gasteiger partial charge in [-0.3, -0.25) is 4.79 Å². The molecule has 8 nitrogen and oxygen atoms in total. The normalized spacial score (nSPS) is 14.4. The van der Waals surface area contributed by atoms with Gasteiger partial charge in [0, 0.05) is 41.3 Å². The number of carbonyl (C=O) groups is 2. The lowest BCUT2D eigenvalue weighted by atomic mass is 10.1. The van der Waals surface area contributed by atoms with E-state index in [2.05, 4.69) is 15.6 Å². The molecule has 42 heavy (non-hydrogen) atoms. The number of carbonyl (C=O) groups excluding carboxylic acids is 1. The lowest BCUT2D eigenvalue weighted by Gasteiger charge is -2.16. The number of nitrogens with one attached hydrogen (secondary N) is 2. The first kappa shape index (κ1) is 29.0. The molecule has 1 amide bonds. The van der Waals surface area contributed by atoms with Crippen LogP contribution in [0.15, 0.2) is 78.9 Å². The topological polar surface area (TPSA) is 110 Å². The first-order valence-corrected chi connectivity index (χ1v) is 13.8. The van der Waals surface area contributed by atoms with Crippen molar-refractivity contribution in [1.82, 2.24) is 4.98 Å². The number of benzene rings is 3. The van der Waals surface area contributed by atoms with Gasteiger partial charge in [-0.15, -0.1) is 0 Å². The third kappa shape index (κ3) is 7.63. The smallest absolute Gasteiger partial charge is 0.335 e. The van der Waals surface area contributed by atoms with E-state index >= 15 is 0 Å². The Morgan fingerprint density at radius 1 is 1.05 bits per heavy atom. The van der Waals surface area contributed by atoms with Gasteiger partial charge in [-0.25, -0.2) is 14.2 Å². The van der Waals surface area contributed by atoms with Crippen LogP contribution in [0.5, 0.6) is 5.88 Å². The van der Waals surface area contributed by atoms with E-state index in [0.717, 1.165) is 17.5 Å². The minimum absolute atomic E-state index is 0.0127. The number of carboxylic acid groups (broad SMARTS) is 1. The molecule has 0 saturated carbocycles. The summed E-state index contributed by atoms with van der Waals surface area (Å²) >= 11 is 5.81. The summed E-state index contributed by atoms with van der Waals surface area (Å²) in [5.41, 5.74) is 3.86. The van der Waals surface area contributed by atoms with Gasteiger partial charge in [0.25, 0.3) is 0 Å². The Bertz CT molecular complexity index is 1580. The highest BCUT2D eigenvalue weighted by molar-refractivity contribution is 6.30. The maximum atomic E-state index is 14.1. The summed E-state index contributed by atoms with van der Waals surface area (Å²) < 4.78 is 25.2. The first-order chi connectivity index (χ1) is 20.3. The molecule has 10 heteroatoms. The van der Waals surface area contributed by atoms with E-state index in [1.165, 1.54) is 18.2 Å².